The molecule has 1 amide bonds. The van der Waals surface area contributed by atoms with E-state index in [9.17, 15) is 4.79 Å². The van der Waals surface area contributed by atoms with Gasteiger partial charge in [0.1, 0.15) is 5.75 Å². The molecule has 3 aromatic carbocycles. The summed E-state index contributed by atoms with van der Waals surface area (Å²) in [6.45, 7) is 6.49. The molecule has 4 rings (SSSR count). The van der Waals surface area contributed by atoms with E-state index in [1.165, 1.54) is 5.56 Å². The molecule has 0 radical (unpaired) electrons. The molecule has 1 aliphatic heterocycles. The molecule has 0 atom stereocenters. The third-order valence-corrected chi connectivity index (χ3v) is 6.55. The highest BCUT2D eigenvalue weighted by atomic mass is 16.5. The summed E-state index contributed by atoms with van der Waals surface area (Å²) in [6.07, 6.45) is 0. The number of anilines is 1. The van der Waals surface area contributed by atoms with Gasteiger partial charge in [-0.15, -0.1) is 0 Å². The first kappa shape index (κ1) is 26.0. The first-order valence-corrected chi connectivity index (χ1v) is 12.3. The molecule has 1 aliphatic rings. The second-order valence-corrected chi connectivity index (χ2v) is 8.84. The van der Waals surface area contributed by atoms with E-state index >= 15 is 0 Å². The molecule has 1 N–H and O–H groups in total. The quantitative estimate of drug-likeness (QED) is 0.349. The fourth-order valence-corrected chi connectivity index (χ4v) is 4.38. The number of methoxy groups -OCH3 is 3. The summed E-state index contributed by atoms with van der Waals surface area (Å²) in [5.41, 5.74) is 7.02. The number of benzene rings is 3. The minimum Gasteiger partial charge on any atom is -0.495 e. The number of carbonyl (C=O) groups excluding carboxylic acids is 1. The largest absolute Gasteiger partial charge is 0.495 e. The van der Waals surface area contributed by atoms with E-state index in [1.807, 2.05) is 67.6 Å². The predicted molar refractivity (Wildman–Crippen MR) is 146 cm³/mol. The molecule has 3 aromatic rings. The number of carbonyl (C=O) groups is 1. The van der Waals surface area contributed by atoms with Crippen LogP contribution in [0.4, 0.5) is 5.69 Å². The lowest BCUT2D eigenvalue weighted by atomic mass is 10.1. The van der Waals surface area contributed by atoms with Gasteiger partial charge < -0.3 is 19.1 Å². The van der Waals surface area contributed by atoms with Crippen molar-refractivity contribution in [2.75, 3.05) is 52.4 Å². The van der Waals surface area contributed by atoms with Crippen LogP contribution < -0.4 is 24.5 Å². The molecule has 0 spiro atoms. The van der Waals surface area contributed by atoms with Gasteiger partial charge in [-0.3, -0.25) is 9.69 Å². The highest BCUT2D eigenvalue weighted by Crippen LogP contribution is 2.29. The number of nitrogens with one attached hydrogen (secondary N) is 1. The van der Waals surface area contributed by atoms with Gasteiger partial charge >= 0.3 is 0 Å². The van der Waals surface area contributed by atoms with Gasteiger partial charge in [-0.1, -0.05) is 24.3 Å². The van der Waals surface area contributed by atoms with Crippen LogP contribution in [0.25, 0.3) is 0 Å². The van der Waals surface area contributed by atoms with E-state index in [4.69, 9.17) is 14.2 Å². The molecule has 194 valence electrons. The van der Waals surface area contributed by atoms with Crippen molar-refractivity contribution in [3.63, 3.8) is 0 Å². The summed E-state index contributed by atoms with van der Waals surface area (Å²) in [4.78, 5) is 17.4. The van der Waals surface area contributed by atoms with Gasteiger partial charge in [-0.05, 0) is 55.0 Å². The topological polar surface area (TPSA) is 75.6 Å². The molecule has 0 saturated carbocycles. The summed E-state index contributed by atoms with van der Waals surface area (Å²) in [6, 6.07) is 21.4. The van der Waals surface area contributed by atoms with Gasteiger partial charge in [-0.2, -0.15) is 5.10 Å². The van der Waals surface area contributed by atoms with Gasteiger partial charge in [0.25, 0.3) is 5.91 Å². The van der Waals surface area contributed by atoms with E-state index in [1.54, 1.807) is 21.3 Å². The van der Waals surface area contributed by atoms with E-state index in [2.05, 4.69) is 26.4 Å². The Morgan fingerprint density at radius 3 is 2.14 bits per heavy atom. The van der Waals surface area contributed by atoms with Crippen molar-refractivity contribution >= 4 is 17.3 Å². The molecule has 0 unspecified atom stereocenters. The van der Waals surface area contributed by atoms with Gasteiger partial charge in [0.15, 0.2) is 11.5 Å². The Kier molecular flexibility index (Phi) is 8.64. The lowest BCUT2D eigenvalue weighted by molar-refractivity contribution is 0.0955. The van der Waals surface area contributed by atoms with Crippen LogP contribution in [-0.4, -0.2) is 64.0 Å². The summed E-state index contributed by atoms with van der Waals surface area (Å²) < 4.78 is 16.1. The molecule has 8 nitrogen and oxygen atoms in total. The van der Waals surface area contributed by atoms with Crippen molar-refractivity contribution in [1.82, 2.24) is 10.3 Å². The van der Waals surface area contributed by atoms with E-state index in [0.29, 0.717) is 22.8 Å². The highest BCUT2D eigenvalue weighted by Gasteiger charge is 2.19. The fraction of sp³-hybridized carbons (Fsp3) is 0.310. The molecule has 1 heterocycles. The van der Waals surface area contributed by atoms with Crippen LogP contribution in [0.2, 0.25) is 0 Å². The van der Waals surface area contributed by atoms with Crippen molar-refractivity contribution in [3.05, 3.63) is 83.4 Å². The molecule has 1 saturated heterocycles. The highest BCUT2D eigenvalue weighted by molar-refractivity contribution is 6.01. The number of para-hydroxylation sites is 2. The Morgan fingerprint density at radius 1 is 0.811 bits per heavy atom. The number of hydrogen-bond acceptors (Lipinski definition) is 7. The van der Waals surface area contributed by atoms with Gasteiger partial charge in [-0.25, -0.2) is 5.43 Å². The third kappa shape index (κ3) is 6.40. The standard InChI is InChI=1S/C29H34N4O4/c1-21(24-13-14-27(36-3)28(19-24)37-4)30-31-29(34)23-11-9-22(10-12-23)20-32-15-17-33(18-16-32)25-7-5-6-8-26(25)35-2/h5-14,19H,15-18,20H2,1-4H3,(H,31,34)/b30-21-. The Labute approximate surface area is 218 Å². The Morgan fingerprint density at radius 2 is 1.46 bits per heavy atom. The summed E-state index contributed by atoms with van der Waals surface area (Å²) in [5, 5.41) is 4.26. The first-order chi connectivity index (χ1) is 18.0. The number of piperazine rings is 1. The second kappa shape index (κ2) is 12.3. The van der Waals surface area contributed by atoms with Crippen LogP contribution in [0.5, 0.6) is 17.2 Å². The van der Waals surface area contributed by atoms with E-state index in [-0.39, 0.29) is 5.91 Å². The summed E-state index contributed by atoms with van der Waals surface area (Å²) >= 11 is 0. The maximum atomic E-state index is 12.6. The van der Waals surface area contributed by atoms with Crippen LogP contribution in [0.3, 0.4) is 0 Å². The smallest absolute Gasteiger partial charge is 0.271 e. The van der Waals surface area contributed by atoms with E-state index in [0.717, 1.165) is 49.7 Å². The number of amides is 1. The zero-order valence-electron chi connectivity index (χ0n) is 21.9. The number of hydrogen-bond donors (Lipinski definition) is 1. The van der Waals surface area contributed by atoms with Gasteiger partial charge in [0.2, 0.25) is 0 Å². The Balaban J connectivity index is 1.30. The van der Waals surface area contributed by atoms with Crippen molar-refractivity contribution in [3.8, 4) is 17.2 Å². The maximum Gasteiger partial charge on any atom is 0.271 e. The minimum atomic E-state index is -0.253. The van der Waals surface area contributed by atoms with Crippen molar-refractivity contribution in [1.29, 1.82) is 0 Å². The number of hydrazone groups is 1. The molecule has 0 bridgehead atoms. The van der Waals surface area contributed by atoms with Crippen LogP contribution in [-0.2, 0) is 6.54 Å². The number of rotatable bonds is 9. The SMILES string of the molecule is COc1ccc(/C(C)=N\NC(=O)c2ccc(CN3CCN(c4ccccc4OC)CC3)cc2)cc1OC. The van der Waals surface area contributed by atoms with Crippen LogP contribution in [0.1, 0.15) is 28.4 Å². The number of nitrogens with zero attached hydrogens (tertiary/aromatic N) is 3. The maximum absolute atomic E-state index is 12.6. The lowest BCUT2D eigenvalue weighted by Crippen LogP contribution is -2.46. The van der Waals surface area contributed by atoms with Gasteiger partial charge in [0.05, 0.1) is 32.7 Å². The van der Waals surface area contributed by atoms with Crippen LogP contribution >= 0.6 is 0 Å². The fourth-order valence-electron chi connectivity index (χ4n) is 4.38. The summed E-state index contributed by atoms with van der Waals surface area (Å²) in [5.74, 6) is 1.91. The average molecular weight is 503 g/mol. The minimum absolute atomic E-state index is 0.253. The molecule has 0 aromatic heterocycles. The molecule has 1 fully saturated rings. The first-order valence-electron chi connectivity index (χ1n) is 12.3. The number of ether oxygens (including phenoxy) is 3. The molecular formula is C29H34N4O4. The Bertz CT molecular complexity index is 1230. The van der Waals surface area contributed by atoms with Crippen LogP contribution in [0.15, 0.2) is 71.8 Å². The normalized spacial score (nSPS) is 14.3. The monoisotopic (exact) mass is 502 g/mol. The average Bonchev–Trinajstić information content (AvgIpc) is 2.96. The van der Waals surface area contributed by atoms with E-state index < -0.39 is 0 Å². The molecule has 0 aliphatic carbocycles. The van der Waals surface area contributed by atoms with Gasteiger partial charge in [0, 0.05) is 43.9 Å². The molecule has 8 heteroatoms. The summed E-state index contributed by atoms with van der Waals surface area (Å²) in [7, 11) is 4.89. The molecular weight excluding hydrogens is 468 g/mol. The van der Waals surface area contributed by atoms with Crippen molar-refractivity contribution < 1.29 is 19.0 Å². The van der Waals surface area contributed by atoms with Crippen molar-refractivity contribution in [2.45, 2.75) is 13.5 Å². The second-order valence-electron chi connectivity index (χ2n) is 8.84. The molecule has 37 heavy (non-hydrogen) atoms. The van der Waals surface area contributed by atoms with Crippen LogP contribution in [0, 0.1) is 0 Å². The third-order valence-electron chi connectivity index (χ3n) is 6.55. The lowest BCUT2D eigenvalue weighted by Gasteiger charge is -2.36. The zero-order valence-corrected chi connectivity index (χ0v) is 21.9. The predicted octanol–water partition coefficient (Wildman–Crippen LogP) is 4.19. The Hall–Kier alpha value is -4.04. The van der Waals surface area contributed by atoms with Crippen molar-refractivity contribution in [2.24, 2.45) is 5.10 Å². The zero-order chi connectivity index (χ0) is 26.2.